The van der Waals surface area contributed by atoms with Crippen molar-refractivity contribution in [1.29, 1.82) is 0 Å². The summed E-state index contributed by atoms with van der Waals surface area (Å²) in [5.74, 6) is -0.0271. The zero-order valence-corrected chi connectivity index (χ0v) is 15.9. The molecule has 6 rings (SSSR count). The van der Waals surface area contributed by atoms with Gasteiger partial charge in [-0.2, -0.15) is 5.10 Å². The lowest BCUT2D eigenvalue weighted by Crippen LogP contribution is -1.91. The van der Waals surface area contributed by atoms with Crippen molar-refractivity contribution in [2.45, 2.75) is 0 Å². The van der Waals surface area contributed by atoms with Gasteiger partial charge >= 0.3 is 0 Å². The van der Waals surface area contributed by atoms with E-state index in [0.29, 0.717) is 45.2 Å². The van der Waals surface area contributed by atoms with Gasteiger partial charge in [-0.3, -0.25) is 20.1 Å². The number of nitrogens with zero attached hydrogens (tertiary/aromatic N) is 6. The molecule has 0 aliphatic carbocycles. The molecule has 0 saturated heterocycles. The molecule has 0 aliphatic rings. The standard InChI is InChI=1S/C22H13FN8/c23-17-13(12-4-3-7-24-10-12)11-27-21-16(17)20(30-31-21)22-28-15-6-9-26-18(19(15)29-22)14-5-1-2-8-25-14/h1-11H,(H,28,29)(H,27,30,31). The van der Waals surface area contributed by atoms with E-state index in [-0.39, 0.29) is 5.39 Å². The highest BCUT2D eigenvalue weighted by atomic mass is 19.1. The van der Waals surface area contributed by atoms with E-state index in [2.05, 4.69) is 40.1 Å². The third kappa shape index (κ3) is 2.75. The minimum atomic E-state index is -0.440. The fraction of sp³-hybridized carbons (Fsp3) is 0. The quantitative estimate of drug-likeness (QED) is 0.455. The zero-order chi connectivity index (χ0) is 20.8. The van der Waals surface area contributed by atoms with Crippen LogP contribution in [-0.2, 0) is 0 Å². The maximum Gasteiger partial charge on any atom is 0.159 e. The lowest BCUT2D eigenvalue weighted by Gasteiger charge is -2.03. The van der Waals surface area contributed by atoms with E-state index in [4.69, 9.17) is 0 Å². The van der Waals surface area contributed by atoms with Crippen molar-refractivity contribution in [2.75, 3.05) is 0 Å². The predicted octanol–water partition coefficient (Wildman–Crippen LogP) is 4.16. The third-order valence-corrected chi connectivity index (χ3v) is 5.03. The van der Waals surface area contributed by atoms with Crippen LogP contribution in [0.3, 0.4) is 0 Å². The SMILES string of the molecule is Fc1c(-c2cccnc2)cnc2[nH]nc(-c3nc4c(-c5ccccn5)nccc4[nH]3)c12. The van der Waals surface area contributed by atoms with Crippen molar-refractivity contribution in [3.05, 3.63) is 73.2 Å². The van der Waals surface area contributed by atoms with Gasteiger partial charge in [-0.25, -0.2) is 14.4 Å². The van der Waals surface area contributed by atoms with Gasteiger partial charge in [-0.05, 0) is 24.3 Å². The van der Waals surface area contributed by atoms with Gasteiger partial charge < -0.3 is 4.98 Å². The van der Waals surface area contributed by atoms with Gasteiger partial charge in [0.05, 0.1) is 16.6 Å². The summed E-state index contributed by atoms with van der Waals surface area (Å²) in [7, 11) is 0. The molecule has 6 heterocycles. The maximum atomic E-state index is 15.5. The summed E-state index contributed by atoms with van der Waals surface area (Å²) in [5, 5.41) is 7.34. The molecular weight excluding hydrogens is 395 g/mol. The summed E-state index contributed by atoms with van der Waals surface area (Å²) < 4.78 is 15.5. The predicted molar refractivity (Wildman–Crippen MR) is 113 cm³/mol. The van der Waals surface area contributed by atoms with Crippen molar-refractivity contribution >= 4 is 22.1 Å². The molecule has 0 spiro atoms. The van der Waals surface area contributed by atoms with E-state index in [0.717, 1.165) is 5.52 Å². The Kier molecular flexibility index (Phi) is 3.79. The first-order chi connectivity index (χ1) is 15.3. The molecule has 9 heteroatoms. The van der Waals surface area contributed by atoms with Crippen LogP contribution in [-0.4, -0.2) is 40.1 Å². The number of pyridine rings is 4. The largest absolute Gasteiger partial charge is 0.336 e. The molecule has 31 heavy (non-hydrogen) atoms. The van der Waals surface area contributed by atoms with Crippen molar-refractivity contribution < 1.29 is 4.39 Å². The minimum absolute atomic E-state index is 0.257. The Labute approximate surface area is 174 Å². The molecule has 2 N–H and O–H groups in total. The molecule has 0 bridgehead atoms. The molecule has 8 nitrogen and oxygen atoms in total. The lowest BCUT2D eigenvalue weighted by molar-refractivity contribution is 0.642. The second-order valence-electron chi connectivity index (χ2n) is 6.88. The number of H-pyrrole nitrogens is 2. The summed E-state index contributed by atoms with van der Waals surface area (Å²) in [5.41, 5.74) is 4.36. The molecule has 0 fully saturated rings. The Morgan fingerprint density at radius 2 is 1.81 bits per heavy atom. The molecule has 0 saturated carbocycles. The third-order valence-electron chi connectivity index (χ3n) is 5.03. The molecule has 148 valence electrons. The first kappa shape index (κ1) is 17.3. The first-order valence-corrected chi connectivity index (χ1v) is 9.49. The van der Waals surface area contributed by atoms with Gasteiger partial charge in [-0.1, -0.05) is 12.1 Å². The molecule has 0 unspecified atom stereocenters. The van der Waals surface area contributed by atoms with Crippen LogP contribution >= 0.6 is 0 Å². The van der Waals surface area contributed by atoms with Crippen LogP contribution in [0.1, 0.15) is 0 Å². The molecule has 6 aromatic heterocycles. The topological polar surface area (TPSA) is 109 Å². The van der Waals surface area contributed by atoms with Gasteiger partial charge in [0.25, 0.3) is 0 Å². The van der Waals surface area contributed by atoms with Crippen LogP contribution in [0, 0.1) is 5.82 Å². The van der Waals surface area contributed by atoms with Crippen LogP contribution in [0.2, 0.25) is 0 Å². The molecule has 0 aliphatic heterocycles. The van der Waals surface area contributed by atoms with Gasteiger partial charge in [0.15, 0.2) is 11.5 Å². The molecular formula is C22H13FN8. The molecule has 0 aromatic carbocycles. The molecule has 0 amide bonds. The Balaban J connectivity index is 1.56. The van der Waals surface area contributed by atoms with Gasteiger partial charge in [0, 0.05) is 42.1 Å². The van der Waals surface area contributed by atoms with Crippen molar-refractivity contribution in [2.24, 2.45) is 0 Å². The van der Waals surface area contributed by atoms with Crippen LogP contribution in [0.5, 0.6) is 0 Å². The van der Waals surface area contributed by atoms with E-state index < -0.39 is 5.82 Å². The average molecular weight is 408 g/mol. The van der Waals surface area contributed by atoms with E-state index >= 15 is 4.39 Å². The van der Waals surface area contributed by atoms with Gasteiger partial charge in [-0.15, -0.1) is 0 Å². The highest BCUT2D eigenvalue weighted by molar-refractivity contribution is 5.96. The fourth-order valence-corrected chi connectivity index (χ4v) is 3.59. The van der Waals surface area contributed by atoms with E-state index in [1.807, 2.05) is 24.3 Å². The van der Waals surface area contributed by atoms with Crippen molar-refractivity contribution in [3.8, 4) is 34.0 Å². The van der Waals surface area contributed by atoms with E-state index in [1.165, 1.54) is 6.20 Å². The zero-order valence-electron chi connectivity index (χ0n) is 15.9. The van der Waals surface area contributed by atoms with Gasteiger partial charge in [0.1, 0.15) is 22.7 Å². The summed E-state index contributed by atoms with van der Waals surface area (Å²) >= 11 is 0. The maximum absolute atomic E-state index is 15.5. The smallest absolute Gasteiger partial charge is 0.159 e. The van der Waals surface area contributed by atoms with Crippen LogP contribution in [0.25, 0.3) is 56.1 Å². The molecule has 6 aromatic rings. The Bertz CT molecular complexity index is 1540. The summed E-state index contributed by atoms with van der Waals surface area (Å²) in [6.45, 7) is 0. The Morgan fingerprint density at radius 1 is 0.839 bits per heavy atom. The molecule has 0 atom stereocenters. The second-order valence-corrected chi connectivity index (χ2v) is 6.88. The van der Waals surface area contributed by atoms with Crippen molar-refractivity contribution in [3.63, 3.8) is 0 Å². The minimum Gasteiger partial charge on any atom is -0.336 e. The Morgan fingerprint density at radius 3 is 2.65 bits per heavy atom. The normalized spacial score (nSPS) is 11.4. The number of fused-ring (bicyclic) bond motifs is 2. The average Bonchev–Trinajstić information content (AvgIpc) is 3.45. The fourth-order valence-electron chi connectivity index (χ4n) is 3.59. The van der Waals surface area contributed by atoms with Crippen LogP contribution in [0.15, 0.2) is 67.4 Å². The number of rotatable bonds is 3. The number of halogens is 1. The summed E-state index contributed by atoms with van der Waals surface area (Å²) in [6.07, 6.45) is 8.08. The van der Waals surface area contributed by atoms with E-state index in [9.17, 15) is 0 Å². The summed E-state index contributed by atoms with van der Waals surface area (Å²) in [4.78, 5) is 25.1. The highest BCUT2D eigenvalue weighted by Crippen LogP contribution is 2.33. The number of aromatic amines is 2. The summed E-state index contributed by atoms with van der Waals surface area (Å²) in [6, 6.07) is 10.9. The van der Waals surface area contributed by atoms with E-state index in [1.54, 1.807) is 36.9 Å². The lowest BCUT2D eigenvalue weighted by atomic mass is 10.1. The van der Waals surface area contributed by atoms with Crippen LogP contribution < -0.4 is 0 Å². The monoisotopic (exact) mass is 408 g/mol. The number of hydrogen-bond donors (Lipinski definition) is 2. The second kappa shape index (κ2) is 6.77. The van der Waals surface area contributed by atoms with Gasteiger partial charge in [0.2, 0.25) is 0 Å². The van der Waals surface area contributed by atoms with Crippen molar-refractivity contribution in [1.82, 2.24) is 40.1 Å². The number of hydrogen-bond acceptors (Lipinski definition) is 6. The number of aromatic nitrogens is 8. The first-order valence-electron chi connectivity index (χ1n) is 9.49. The number of imidazole rings is 1. The van der Waals surface area contributed by atoms with Crippen LogP contribution in [0.4, 0.5) is 4.39 Å². The highest BCUT2D eigenvalue weighted by Gasteiger charge is 2.21. The number of nitrogens with one attached hydrogen (secondary N) is 2. The Hall–Kier alpha value is -4.53. The molecule has 0 radical (unpaired) electrons.